The smallest absolute Gasteiger partial charge is 0.329 e. The van der Waals surface area contributed by atoms with Crippen LogP contribution in [-0.4, -0.2) is 140 Å². The minimum Gasteiger partial charge on any atom is -0.460 e. The lowest BCUT2D eigenvalue weighted by Gasteiger charge is -2.42. The lowest BCUT2D eigenvalue weighted by atomic mass is 9.78. The average molecular weight is 1010 g/mol. The highest BCUT2D eigenvalue weighted by Gasteiger charge is 2.53. The van der Waals surface area contributed by atoms with Crippen molar-refractivity contribution in [3.05, 3.63) is 47.6 Å². The van der Waals surface area contributed by atoms with E-state index >= 15 is 0 Å². The van der Waals surface area contributed by atoms with E-state index in [1.165, 1.54) is 74.3 Å². The summed E-state index contributed by atoms with van der Waals surface area (Å²) in [5.74, 6) is -17.5. The molecule has 16 heteroatoms. The molecule has 2 saturated heterocycles. The van der Waals surface area contributed by atoms with Crippen molar-refractivity contribution < 1.29 is 76.6 Å². The van der Waals surface area contributed by atoms with Gasteiger partial charge in [-0.1, -0.05) is 77.9 Å². The summed E-state index contributed by atoms with van der Waals surface area (Å²) in [4.78, 5) is 73.4. The molecule has 396 valence electrons. The average Bonchev–Trinajstić information content (AvgIpc) is 3.34. The highest BCUT2D eigenvalue weighted by Crippen LogP contribution is 2.45. The topological polar surface area (TPSA) is 201 Å². The highest BCUT2D eigenvalue weighted by molar-refractivity contribution is 7.57. The van der Waals surface area contributed by atoms with Crippen LogP contribution < -0.4 is 0 Å². The number of cyclic esters (lactones) is 1. The molecular formula is C54H86NO14P. The molecule has 70 heavy (non-hydrogen) atoms. The molecule has 15 nitrogen and oxygen atoms in total. The van der Waals surface area contributed by atoms with Crippen molar-refractivity contribution in [1.82, 2.24) is 4.90 Å². The second-order valence-corrected chi connectivity index (χ2v) is 22.9. The molecule has 3 heterocycles. The zero-order valence-electron chi connectivity index (χ0n) is 50.4. The van der Waals surface area contributed by atoms with Crippen molar-refractivity contribution in [1.29, 1.82) is 0 Å². The molecule has 2 N–H and O–H groups in total. The fourth-order valence-corrected chi connectivity index (χ4v) is 10.8. The summed E-state index contributed by atoms with van der Waals surface area (Å²) in [7, 11) is 1.21. The minimum absolute atomic E-state index is 0.00489. The monoisotopic (exact) mass is 1010 g/mol. The number of amides is 1. The largest absolute Gasteiger partial charge is 0.460 e. The summed E-state index contributed by atoms with van der Waals surface area (Å²) in [6, 6.07) is -1.42. The van der Waals surface area contributed by atoms with Gasteiger partial charge in [-0.15, -0.1) is 0 Å². The predicted octanol–water partition coefficient (Wildman–Crippen LogP) is 7.99. The van der Waals surface area contributed by atoms with Crippen molar-refractivity contribution in [3.8, 4) is 0 Å². The standard InChI is InChI=1S/C54H86NO14P/c1-32-19-15-14-16-20-33(2)45(64-9)30-41-24-22-37(6)54(62,68-41)51(59)52(60)55-26-18-17-21-42(55)53(61)67-46(35(4)28-40-23-25-44(47(29-40)65-10)69-70(12,13)63)31-43(56)34(3)27-36(5)48(57)50(66-11)49(58)39(8)38(32)7/h14-16,19-20,27,32,34-35,37-42,44-48,50,57,62H,17-18,21-26,28-31H2,1-13H3/b16-14+,19-15+,33-20+,36-27+/t32-,34-,35-,37-,38?,39-,40+,41+,42+,44-,45+,46+,47-,48-,50-,54-/m1/s1/i3D3,22D2,32D,38D. The van der Waals surface area contributed by atoms with Gasteiger partial charge >= 0.3 is 5.97 Å². The molecule has 1 aliphatic carbocycles. The van der Waals surface area contributed by atoms with E-state index in [1.54, 1.807) is 32.1 Å². The molecule has 3 fully saturated rings. The second-order valence-electron chi connectivity index (χ2n) is 20.2. The third-order valence-electron chi connectivity index (χ3n) is 14.6. The normalized spacial score (nSPS) is 44.2. The molecule has 4 rings (SSSR count). The third kappa shape index (κ3) is 15.7. The summed E-state index contributed by atoms with van der Waals surface area (Å²) in [5, 5.41) is 23.8. The number of hydrogen-bond donors (Lipinski definition) is 2. The van der Waals surface area contributed by atoms with E-state index in [4.69, 9.17) is 35.1 Å². The van der Waals surface area contributed by atoms with Gasteiger partial charge in [0.25, 0.3) is 11.7 Å². The number of esters is 1. The molecule has 0 aromatic heterocycles. The van der Waals surface area contributed by atoms with Gasteiger partial charge in [-0.25, -0.2) is 4.79 Å². The number of ether oxygens (including phenoxy) is 5. The molecule has 4 aliphatic rings. The number of Topliss-reactive ketones (excluding diaryl/α,β-unsaturated/α-hetero) is 3. The Morgan fingerprint density at radius 3 is 2.30 bits per heavy atom. The fourth-order valence-electron chi connectivity index (χ4n) is 9.92. The molecule has 0 radical (unpaired) electrons. The van der Waals surface area contributed by atoms with Gasteiger partial charge in [0.2, 0.25) is 5.79 Å². The number of aliphatic hydroxyl groups is 2. The molecule has 1 unspecified atom stereocenters. The number of methoxy groups -OCH3 is 3. The Balaban J connectivity index is 1.86. The first kappa shape index (κ1) is 49.1. The molecule has 2 bridgehead atoms. The maximum Gasteiger partial charge on any atom is 0.329 e. The van der Waals surface area contributed by atoms with Gasteiger partial charge in [0, 0.05) is 81.4 Å². The molecule has 1 saturated carbocycles. The summed E-state index contributed by atoms with van der Waals surface area (Å²) in [6.45, 7) is 10.2. The Hall–Kier alpha value is -3.14. The summed E-state index contributed by atoms with van der Waals surface area (Å²) >= 11 is 0. The minimum atomic E-state index is -3.04. The summed E-state index contributed by atoms with van der Waals surface area (Å²) < 4.78 is 110. The van der Waals surface area contributed by atoms with Crippen LogP contribution in [0.25, 0.3) is 0 Å². The van der Waals surface area contributed by atoms with Crippen LogP contribution in [-0.2, 0) is 56.7 Å². The predicted molar refractivity (Wildman–Crippen MR) is 268 cm³/mol. The molecule has 1 amide bonds. The zero-order valence-corrected chi connectivity index (χ0v) is 44.3. The number of nitrogens with zero attached hydrogens (tertiary/aromatic N) is 1. The van der Waals surface area contributed by atoms with Crippen LogP contribution in [0.5, 0.6) is 0 Å². The van der Waals surface area contributed by atoms with Gasteiger partial charge in [0.1, 0.15) is 30.1 Å². The first-order chi connectivity index (χ1) is 35.5. The zero-order chi connectivity index (χ0) is 58.4. The van der Waals surface area contributed by atoms with Gasteiger partial charge in [0.05, 0.1) is 24.4 Å². The number of carbonyl (C=O) groups is 5. The molecule has 0 aromatic rings. The SMILES string of the molecule is [2H]C([2H])([2H])[C@@H]1/C=C(\C)[C@@H](O)[C@@H](OC)C(=O)[C@H](C)C([2H])(C)[C@]([2H])(C)/C=C/C=C/C=C(\C)[C@@H](OC)C[C@@H]2CC([2H])([2H])[C@@H](C)[C@@](O)(O2)C(=O)C(=O)N2CCCC[C@H]2C(=O)O[C@H]([C@H](C)C[C@@H]2CC[C@@H](OP(C)(C)=O)[C@H](OC)C2)CC1=O. The Kier molecular flexibility index (Phi) is 18.7. The first-order valence-corrected chi connectivity index (χ1v) is 27.2. The van der Waals surface area contributed by atoms with Crippen molar-refractivity contribution in [2.75, 3.05) is 41.2 Å². The van der Waals surface area contributed by atoms with E-state index in [1.807, 2.05) is 0 Å². The van der Waals surface area contributed by atoms with Gasteiger partial charge < -0.3 is 43.3 Å². The fraction of sp³-hybridized carbons (Fsp3) is 0.759. The quantitative estimate of drug-likeness (QED) is 0.103. The molecule has 3 aliphatic heterocycles. The van der Waals surface area contributed by atoms with Crippen LogP contribution in [0.2, 0.25) is 0 Å². The van der Waals surface area contributed by atoms with Gasteiger partial charge in [-0.2, -0.15) is 0 Å². The Bertz CT molecular complexity index is 2280. The molecule has 0 spiro atoms. The van der Waals surface area contributed by atoms with Gasteiger partial charge in [0.15, 0.2) is 13.2 Å². The van der Waals surface area contributed by atoms with E-state index in [-0.39, 0.29) is 37.3 Å². The van der Waals surface area contributed by atoms with Gasteiger partial charge in [-0.05, 0) is 106 Å². The van der Waals surface area contributed by atoms with E-state index in [9.17, 15) is 41.5 Å². The number of piperidine rings is 1. The van der Waals surface area contributed by atoms with Crippen LogP contribution in [0.1, 0.15) is 135 Å². The Labute approximate surface area is 427 Å². The number of hydrogen-bond acceptors (Lipinski definition) is 14. The number of ketones is 3. The Morgan fingerprint density at radius 2 is 1.66 bits per heavy atom. The number of fused-ring (bicyclic) bond motifs is 3. The highest BCUT2D eigenvalue weighted by atomic mass is 31.2. The molecule has 0 aromatic carbocycles. The summed E-state index contributed by atoms with van der Waals surface area (Å²) in [6.07, 6.45) is 0.646. The van der Waals surface area contributed by atoms with E-state index in [2.05, 4.69) is 0 Å². The number of aliphatic hydroxyl groups excluding tert-OH is 1. The number of allylic oxidation sites excluding steroid dienone is 6. The van der Waals surface area contributed by atoms with Crippen LogP contribution in [0.3, 0.4) is 0 Å². The maximum absolute atomic E-state index is 14.7. The van der Waals surface area contributed by atoms with Crippen molar-refractivity contribution >= 4 is 36.6 Å². The van der Waals surface area contributed by atoms with E-state index < -0.39 is 146 Å². The molecular weight excluding hydrogens is 918 g/mol. The van der Waals surface area contributed by atoms with Crippen molar-refractivity contribution in [2.24, 2.45) is 41.4 Å². The second kappa shape index (κ2) is 26.7. The van der Waals surface area contributed by atoms with E-state index in [0.717, 1.165) is 18.1 Å². The van der Waals surface area contributed by atoms with Crippen LogP contribution in [0, 0.1) is 41.4 Å². The number of rotatable bonds is 8. The first-order valence-electron chi connectivity index (χ1n) is 28.2. The van der Waals surface area contributed by atoms with Gasteiger partial charge in [-0.3, -0.25) is 23.7 Å². The summed E-state index contributed by atoms with van der Waals surface area (Å²) in [5.41, 5.74) is 0.506. The molecule has 16 atom stereocenters. The lowest BCUT2D eigenvalue weighted by molar-refractivity contribution is -0.265. The lowest BCUT2D eigenvalue weighted by Crippen LogP contribution is -2.61. The van der Waals surface area contributed by atoms with Crippen LogP contribution in [0.4, 0.5) is 0 Å². The van der Waals surface area contributed by atoms with Crippen molar-refractivity contribution in [3.63, 3.8) is 0 Å². The van der Waals surface area contributed by atoms with Crippen LogP contribution >= 0.6 is 7.37 Å². The number of carbonyl (C=O) groups excluding carboxylic acids is 5. The maximum atomic E-state index is 14.7. The van der Waals surface area contributed by atoms with Crippen LogP contribution in [0.15, 0.2) is 47.6 Å². The van der Waals surface area contributed by atoms with E-state index in [0.29, 0.717) is 44.1 Å². The van der Waals surface area contributed by atoms with Crippen molar-refractivity contribution in [2.45, 2.75) is 180 Å². The Morgan fingerprint density at radius 1 is 0.943 bits per heavy atom. The third-order valence-corrected chi connectivity index (χ3v) is 15.4.